The zero-order valence-electron chi connectivity index (χ0n) is 9.73. The van der Waals surface area contributed by atoms with Gasteiger partial charge in [0.25, 0.3) is 0 Å². The molecule has 0 bridgehead atoms. The van der Waals surface area contributed by atoms with Crippen molar-refractivity contribution >= 4 is 15.9 Å². The van der Waals surface area contributed by atoms with Gasteiger partial charge in [0, 0.05) is 10.9 Å². The predicted molar refractivity (Wildman–Crippen MR) is 69.6 cm³/mol. The van der Waals surface area contributed by atoms with Crippen LogP contribution < -0.4 is 4.74 Å². The van der Waals surface area contributed by atoms with Gasteiger partial charge in [-0.2, -0.15) is 0 Å². The first-order valence-electron chi connectivity index (χ1n) is 5.92. The summed E-state index contributed by atoms with van der Waals surface area (Å²) in [5.74, 6) is 0.904. The van der Waals surface area contributed by atoms with Crippen LogP contribution in [0.2, 0.25) is 0 Å². The van der Waals surface area contributed by atoms with E-state index in [-0.39, 0.29) is 6.29 Å². The molecule has 3 nitrogen and oxygen atoms in total. The minimum absolute atomic E-state index is 0.197. The molecule has 0 aromatic heterocycles. The Bertz CT molecular complexity index is 320. The normalized spacial score (nSPS) is 16.3. The van der Waals surface area contributed by atoms with Crippen LogP contribution in [0.3, 0.4) is 0 Å². The highest BCUT2D eigenvalue weighted by molar-refractivity contribution is 9.09. The Morgan fingerprint density at radius 2 is 1.82 bits per heavy atom. The molecule has 0 N–H and O–H groups in total. The summed E-state index contributed by atoms with van der Waals surface area (Å²) in [6.45, 7) is 2.12. The molecule has 0 atom stereocenters. The molecule has 1 fully saturated rings. The largest absolute Gasteiger partial charge is 0.494 e. The van der Waals surface area contributed by atoms with Gasteiger partial charge in [0.05, 0.1) is 19.8 Å². The minimum atomic E-state index is -0.197. The molecule has 4 heteroatoms. The predicted octanol–water partition coefficient (Wildman–Crippen LogP) is 3.29. The smallest absolute Gasteiger partial charge is 0.184 e. The van der Waals surface area contributed by atoms with Crippen molar-refractivity contribution in [2.24, 2.45) is 0 Å². The molecule has 2 rings (SSSR count). The van der Waals surface area contributed by atoms with Crippen LogP contribution in [0, 0.1) is 0 Å². The number of alkyl halides is 1. The molecule has 0 radical (unpaired) electrons. The quantitative estimate of drug-likeness (QED) is 0.596. The molecular formula is C13H17BrO3. The monoisotopic (exact) mass is 300 g/mol. The van der Waals surface area contributed by atoms with Crippen LogP contribution in [0.5, 0.6) is 5.75 Å². The fraction of sp³-hybridized carbons (Fsp3) is 0.538. The average molecular weight is 301 g/mol. The number of hydrogen-bond acceptors (Lipinski definition) is 3. The van der Waals surface area contributed by atoms with Crippen LogP contribution in [0.15, 0.2) is 24.3 Å². The highest BCUT2D eigenvalue weighted by Crippen LogP contribution is 2.24. The lowest BCUT2D eigenvalue weighted by molar-refractivity contribution is -0.0441. The lowest BCUT2D eigenvalue weighted by atomic mass is 10.2. The first-order valence-corrected chi connectivity index (χ1v) is 7.04. The van der Waals surface area contributed by atoms with E-state index in [1.165, 1.54) is 0 Å². The van der Waals surface area contributed by atoms with E-state index in [1.807, 2.05) is 24.3 Å². The maximum absolute atomic E-state index is 5.62. The van der Waals surface area contributed by atoms with Crippen LogP contribution in [0.4, 0.5) is 0 Å². The van der Waals surface area contributed by atoms with Gasteiger partial charge in [-0.3, -0.25) is 0 Å². The summed E-state index contributed by atoms with van der Waals surface area (Å²) in [5, 5.41) is 1.03. The van der Waals surface area contributed by atoms with E-state index in [9.17, 15) is 0 Å². The van der Waals surface area contributed by atoms with E-state index in [2.05, 4.69) is 15.9 Å². The second-order valence-electron chi connectivity index (χ2n) is 3.89. The second kappa shape index (κ2) is 6.99. The van der Waals surface area contributed by atoms with Gasteiger partial charge in [0.15, 0.2) is 6.29 Å². The van der Waals surface area contributed by atoms with Gasteiger partial charge in [-0.25, -0.2) is 0 Å². The molecule has 1 aliphatic rings. The maximum atomic E-state index is 5.62. The van der Waals surface area contributed by atoms with Crippen molar-refractivity contribution in [3.8, 4) is 5.75 Å². The molecular weight excluding hydrogens is 284 g/mol. The Morgan fingerprint density at radius 3 is 2.47 bits per heavy atom. The van der Waals surface area contributed by atoms with Crippen molar-refractivity contribution in [3.05, 3.63) is 29.8 Å². The minimum Gasteiger partial charge on any atom is -0.494 e. The van der Waals surface area contributed by atoms with E-state index in [1.54, 1.807) is 0 Å². The highest BCUT2D eigenvalue weighted by atomic mass is 79.9. The summed E-state index contributed by atoms with van der Waals surface area (Å²) < 4.78 is 16.5. The highest BCUT2D eigenvalue weighted by Gasteiger charge is 2.17. The van der Waals surface area contributed by atoms with Gasteiger partial charge in [-0.05, 0) is 25.0 Å². The van der Waals surface area contributed by atoms with E-state index in [0.29, 0.717) is 13.2 Å². The summed E-state index contributed by atoms with van der Waals surface area (Å²) in [5.41, 5.74) is 1.05. The maximum Gasteiger partial charge on any atom is 0.184 e. The Labute approximate surface area is 110 Å². The number of hydrogen-bond donors (Lipinski definition) is 0. The number of ether oxygens (including phenoxy) is 3. The van der Waals surface area contributed by atoms with Crippen LogP contribution in [0.1, 0.15) is 24.7 Å². The Balaban J connectivity index is 1.80. The topological polar surface area (TPSA) is 27.7 Å². The van der Waals surface area contributed by atoms with Crippen molar-refractivity contribution < 1.29 is 14.2 Å². The average Bonchev–Trinajstić information content (AvgIpc) is 2.89. The molecule has 0 amide bonds. The lowest BCUT2D eigenvalue weighted by Gasteiger charge is -2.10. The second-order valence-corrected chi connectivity index (χ2v) is 4.68. The van der Waals surface area contributed by atoms with Gasteiger partial charge >= 0.3 is 0 Å². The summed E-state index contributed by atoms with van der Waals surface area (Å²) >= 11 is 3.40. The van der Waals surface area contributed by atoms with Crippen LogP contribution in [-0.4, -0.2) is 25.2 Å². The van der Waals surface area contributed by atoms with Gasteiger partial charge in [-0.15, -0.1) is 0 Å². The molecule has 1 aromatic carbocycles. The molecule has 1 heterocycles. The zero-order valence-corrected chi connectivity index (χ0v) is 11.3. The van der Waals surface area contributed by atoms with Crippen LogP contribution in [-0.2, 0) is 9.47 Å². The summed E-state index contributed by atoms with van der Waals surface area (Å²) in [7, 11) is 0. The van der Waals surface area contributed by atoms with Gasteiger partial charge in [0.2, 0.25) is 0 Å². The molecule has 1 aliphatic heterocycles. The first kappa shape index (κ1) is 12.9. The third-order valence-corrected chi connectivity index (χ3v) is 3.13. The van der Waals surface area contributed by atoms with Crippen molar-refractivity contribution in [3.63, 3.8) is 0 Å². The van der Waals surface area contributed by atoms with Gasteiger partial charge in [0.1, 0.15) is 5.75 Å². The SMILES string of the molecule is BrCCCCOc1ccc(C2OCCO2)cc1. The Morgan fingerprint density at radius 1 is 1.12 bits per heavy atom. The number of rotatable bonds is 6. The van der Waals surface area contributed by atoms with E-state index in [4.69, 9.17) is 14.2 Å². The molecule has 1 saturated heterocycles. The Hall–Kier alpha value is -0.580. The molecule has 0 aliphatic carbocycles. The van der Waals surface area contributed by atoms with Crippen LogP contribution >= 0.6 is 15.9 Å². The molecule has 0 saturated carbocycles. The third-order valence-electron chi connectivity index (χ3n) is 2.57. The van der Waals surface area contributed by atoms with Crippen LogP contribution in [0.25, 0.3) is 0 Å². The van der Waals surface area contributed by atoms with Crippen molar-refractivity contribution in [1.82, 2.24) is 0 Å². The standard InChI is InChI=1S/C13H17BrO3/c14-7-1-2-8-15-12-5-3-11(4-6-12)13-16-9-10-17-13/h3-6,13H,1-2,7-10H2. The number of unbranched alkanes of at least 4 members (excludes halogenated alkanes) is 1. The molecule has 1 aromatic rings. The van der Waals surface area contributed by atoms with E-state index in [0.717, 1.165) is 36.1 Å². The van der Waals surface area contributed by atoms with Gasteiger partial charge < -0.3 is 14.2 Å². The lowest BCUT2D eigenvalue weighted by Crippen LogP contribution is -2.00. The Kier molecular flexibility index (Phi) is 5.29. The van der Waals surface area contributed by atoms with E-state index < -0.39 is 0 Å². The van der Waals surface area contributed by atoms with Gasteiger partial charge in [-0.1, -0.05) is 28.1 Å². The van der Waals surface area contributed by atoms with Crippen molar-refractivity contribution in [2.75, 3.05) is 25.2 Å². The fourth-order valence-electron chi connectivity index (χ4n) is 1.66. The molecule has 17 heavy (non-hydrogen) atoms. The molecule has 0 spiro atoms. The summed E-state index contributed by atoms with van der Waals surface area (Å²) in [4.78, 5) is 0. The fourth-order valence-corrected chi connectivity index (χ4v) is 2.06. The number of benzene rings is 1. The molecule has 0 unspecified atom stereocenters. The molecule has 94 valence electrons. The summed E-state index contributed by atoms with van der Waals surface area (Å²) in [6, 6.07) is 7.93. The third kappa shape index (κ3) is 3.98. The number of halogens is 1. The van der Waals surface area contributed by atoms with Crippen molar-refractivity contribution in [2.45, 2.75) is 19.1 Å². The first-order chi connectivity index (χ1) is 8.40. The zero-order chi connectivity index (χ0) is 11.9. The van der Waals surface area contributed by atoms with Crippen molar-refractivity contribution in [1.29, 1.82) is 0 Å². The summed E-state index contributed by atoms with van der Waals surface area (Å²) in [6.07, 6.45) is 2.02. The van der Waals surface area contributed by atoms with E-state index >= 15 is 0 Å².